The van der Waals surface area contributed by atoms with Crippen LogP contribution in [0.5, 0.6) is 0 Å². The molecule has 2 nitrogen and oxygen atoms in total. The zero-order chi connectivity index (χ0) is 7.84. The summed E-state index contributed by atoms with van der Waals surface area (Å²) in [6.45, 7) is 6.19. The zero-order valence-electron chi connectivity index (χ0n) is 6.98. The average molecular weight is 151 g/mol. The van der Waals surface area contributed by atoms with Crippen LogP contribution in [0, 0.1) is 0 Å². The molecule has 1 N–H and O–H groups in total. The van der Waals surface area contributed by atoms with Crippen molar-refractivity contribution < 1.29 is 4.42 Å². The van der Waals surface area contributed by atoms with E-state index in [1.54, 1.807) is 0 Å². The van der Waals surface area contributed by atoms with E-state index in [-0.39, 0.29) is 0 Å². The quantitative estimate of drug-likeness (QED) is 0.664. The molecule has 0 bridgehead atoms. The third kappa shape index (κ3) is 1.07. The molecule has 0 atom stereocenters. The predicted octanol–water partition coefficient (Wildman–Crippen LogP) is 2.01. The standard InChI is InChI=1S/C9H13NO/c1-6(2)8-3-7-4-10-5-9(7)11-8/h3,6,10H,4-5H2,1-2H3. The first kappa shape index (κ1) is 6.92. The second-order valence-electron chi connectivity index (χ2n) is 3.36. The van der Waals surface area contributed by atoms with Gasteiger partial charge in [0.05, 0.1) is 6.54 Å². The van der Waals surface area contributed by atoms with E-state index in [1.165, 1.54) is 5.56 Å². The molecule has 0 amide bonds. The van der Waals surface area contributed by atoms with Gasteiger partial charge in [0, 0.05) is 18.0 Å². The molecule has 60 valence electrons. The van der Waals surface area contributed by atoms with Gasteiger partial charge in [0.2, 0.25) is 0 Å². The van der Waals surface area contributed by atoms with Crippen molar-refractivity contribution in [1.29, 1.82) is 0 Å². The summed E-state index contributed by atoms with van der Waals surface area (Å²) in [5.74, 6) is 2.77. The second kappa shape index (κ2) is 2.38. The van der Waals surface area contributed by atoms with Gasteiger partial charge in [-0.3, -0.25) is 0 Å². The van der Waals surface area contributed by atoms with Gasteiger partial charge in [-0.05, 0) is 6.07 Å². The Labute approximate surface area is 66.6 Å². The van der Waals surface area contributed by atoms with Crippen LogP contribution in [0.25, 0.3) is 0 Å². The smallest absolute Gasteiger partial charge is 0.122 e. The number of rotatable bonds is 1. The van der Waals surface area contributed by atoms with Crippen molar-refractivity contribution in [3.8, 4) is 0 Å². The Bertz CT molecular complexity index is 241. The van der Waals surface area contributed by atoms with Crippen LogP contribution < -0.4 is 5.32 Å². The highest BCUT2D eigenvalue weighted by Gasteiger charge is 2.16. The van der Waals surface area contributed by atoms with Gasteiger partial charge in [-0.2, -0.15) is 0 Å². The normalized spacial score (nSPS) is 15.9. The highest BCUT2D eigenvalue weighted by atomic mass is 16.3. The molecule has 2 heterocycles. The maximum atomic E-state index is 5.62. The fraction of sp³-hybridized carbons (Fsp3) is 0.556. The van der Waals surface area contributed by atoms with Crippen LogP contribution in [-0.4, -0.2) is 0 Å². The van der Waals surface area contributed by atoms with E-state index in [9.17, 15) is 0 Å². The summed E-state index contributed by atoms with van der Waals surface area (Å²) >= 11 is 0. The maximum absolute atomic E-state index is 5.62. The van der Waals surface area contributed by atoms with E-state index in [4.69, 9.17) is 4.42 Å². The van der Waals surface area contributed by atoms with E-state index in [1.807, 2.05) is 0 Å². The van der Waals surface area contributed by atoms with Crippen molar-refractivity contribution in [2.45, 2.75) is 32.9 Å². The molecule has 0 spiro atoms. The number of hydrogen-bond acceptors (Lipinski definition) is 2. The minimum atomic E-state index is 0.514. The van der Waals surface area contributed by atoms with Crippen LogP contribution >= 0.6 is 0 Å². The lowest BCUT2D eigenvalue weighted by Crippen LogP contribution is -2.01. The van der Waals surface area contributed by atoms with Crippen LogP contribution in [0.3, 0.4) is 0 Å². The molecule has 0 saturated carbocycles. The molecule has 0 aromatic carbocycles. The molecule has 0 radical (unpaired) electrons. The predicted molar refractivity (Wildman–Crippen MR) is 43.3 cm³/mol. The van der Waals surface area contributed by atoms with Crippen molar-refractivity contribution in [2.75, 3.05) is 0 Å². The third-order valence-corrected chi connectivity index (χ3v) is 2.09. The second-order valence-corrected chi connectivity index (χ2v) is 3.36. The minimum Gasteiger partial charge on any atom is -0.464 e. The molecule has 2 rings (SSSR count). The first-order chi connectivity index (χ1) is 5.27. The molecule has 1 aromatic rings. The van der Waals surface area contributed by atoms with E-state index >= 15 is 0 Å². The van der Waals surface area contributed by atoms with Crippen LogP contribution in [0.2, 0.25) is 0 Å². The molecule has 2 heteroatoms. The molecule has 0 fully saturated rings. The van der Waals surface area contributed by atoms with Crippen LogP contribution in [0.1, 0.15) is 36.8 Å². The third-order valence-electron chi connectivity index (χ3n) is 2.09. The van der Waals surface area contributed by atoms with Crippen molar-refractivity contribution in [2.24, 2.45) is 0 Å². The number of nitrogens with one attached hydrogen (secondary N) is 1. The Morgan fingerprint density at radius 2 is 2.27 bits per heavy atom. The number of hydrogen-bond donors (Lipinski definition) is 1. The summed E-state index contributed by atoms with van der Waals surface area (Å²) in [5.41, 5.74) is 1.34. The van der Waals surface area contributed by atoms with E-state index < -0.39 is 0 Å². The lowest BCUT2D eigenvalue weighted by molar-refractivity contribution is 0.445. The Morgan fingerprint density at radius 3 is 2.91 bits per heavy atom. The zero-order valence-corrected chi connectivity index (χ0v) is 6.98. The molecule has 1 aliphatic heterocycles. The fourth-order valence-electron chi connectivity index (χ4n) is 1.38. The van der Waals surface area contributed by atoms with Crippen molar-refractivity contribution >= 4 is 0 Å². The lowest BCUT2D eigenvalue weighted by Gasteiger charge is -1.98. The van der Waals surface area contributed by atoms with Gasteiger partial charge < -0.3 is 9.73 Å². The lowest BCUT2D eigenvalue weighted by atomic mass is 10.1. The minimum absolute atomic E-state index is 0.514. The average Bonchev–Trinajstić information content (AvgIpc) is 2.40. The van der Waals surface area contributed by atoms with E-state index in [2.05, 4.69) is 25.2 Å². The summed E-state index contributed by atoms with van der Waals surface area (Å²) in [6.07, 6.45) is 0. The van der Waals surface area contributed by atoms with Crippen LogP contribution in [0.15, 0.2) is 10.5 Å². The van der Waals surface area contributed by atoms with Crippen molar-refractivity contribution in [1.82, 2.24) is 5.32 Å². The van der Waals surface area contributed by atoms with Crippen LogP contribution in [-0.2, 0) is 13.1 Å². The summed E-state index contributed by atoms with van der Waals surface area (Å²) in [4.78, 5) is 0. The SMILES string of the molecule is CC(C)c1cc2c(o1)CNC2. The topological polar surface area (TPSA) is 25.2 Å². The molecule has 0 aliphatic carbocycles. The highest BCUT2D eigenvalue weighted by Crippen LogP contribution is 2.24. The van der Waals surface area contributed by atoms with Gasteiger partial charge >= 0.3 is 0 Å². The largest absolute Gasteiger partial charge is 0.464 e. The maximum Gasteiger partial charge on any atom is 0.122 e. The monoisotopic (exact) mass is 151 g/mol. The Morgan fingerprint density at radius 1 is 1.45 bits per heavy atom. The van der Waals surface area contributed by atoms with Gasteiger partial charge in [0.25, 0.3) is 0 Å². The first-order valence-corrected chi connectivity index (χ1v) is 4.09. The number of furan rings is 1. The van der Waals surface area contributed by atoms with Gasteiger partial charge in [0.15, 0.2) is 0 Å². The van der Waals surface area contributed by atoms with Gasteiger partial charge in [-0.1, -0.05) is 13.8 Å². The molecule has 1 aromatic heterocycles. The molecular formula is C9H13NO. The molecule has 1 aliphatic rings. The Hall–Kier alpha value is -0.760. The first-order valence-electron chi connectivity index (χ1n) is 4.09. The fourth-order valence-corrected chi connectivity index (χ4v) is 1.38. The van der Waals surface area contributed by atoms with Crippen LogP contribution in [0.4, 0.5) is 0 Å². The molecular weight excluding hydrogens is 138 g/mol. The Balaban J connectivity index is 2.34. The number of fused-ring (bicyclic) bond motifs is 1. The molecule has 0 saturated heterocycles. The molecule has 0 unspecified atom stereocenters. The summed E-state index contributed by atoms with van der Waals surface area (Å²) in [5, 5.41) is 3.24. The van der Waals surface area contributed by atoms with Crippen molar-refractivity contribution in [3.05, 3.63) is 23.2 Å². The highest BCUT2D eigenvalue weighted by molar-refractivity contribution is 5.26. The summed E-state index contributed by atoms with van der Waals surface area (Å²) in [7, 11) is 0. The van der Waals surface area contributed by atoms with Gasteiger partial charge in [-0.25, -0.2) is 0 Å². The van der Waals surface area contributed by atoms with E-state index in [0.29, 0.717) is 5.92 Å². The Kier molecular flexibility index (Phi) is 1.50. The van der Waals surface area contributed by atoms with E-state index in [0.717, 1.165) is 24.6 Å². The molecule has 11 heavy (non-hydrogen) atoms. The summed E-state index contributed by atoms with van der Waals surface area (Å²) < 4.78 is 5.62. The van der Waals surface area contributed by atoms with Gasteiger partial charge in [-0.15, -0.1) is 0 Å². The van der Waals surface area contributed by atoms with Crippen molar-refractivity contribution in [3.63, 3.8) is 0 Å². The van der Waals surface area contributed by atoms with Gasteiger partial charge in [0.1, 0.15) is 11.5 Å². The summed E-state index contributed by atoms with van der Waals surface area (Å²) in [6, 6.07) is 2.17.